The molecule has 0 spiro atoms. The minimum absolute atomic E-state index is 0.111. The van der Waals surface area contributed by atoms with Crippen molar-refractivity contribution < 1.29 is 9.53 Å². The third-order valence-corrected chi connectivity index (χ3v) is 3.25. The summed E-state index contributed by atoms with van der Waals surface area (Å²) in [6.07, 6.45) is 2.90. The number of carbonyl (C=O) groups is 1. The summed E-state index contributed by atoms with van der Waals surface area (Å²) in [6.45, 7) is 0.518. The number of nitrogens with zero attached hydrogens (tertiary/aromatic N) is 1. The first-order valence-electron chi connectivity index (χ1n) is 3.97. The number of hydrogen-bond acceptors (Lipinski definition) is 4. The maximum atomic E-state index is 11.4. The Kier molecular flexibility index (Phi) is 3.55. The SMILES string of the molecule is COC1CC(SC)C(=O)CN1C. The third kappa shape index (κ3) is 2.00. The van der Waals surface area contributed by atoms with E-state index in [-0.39, 0.29) is 11.5 Å². The number of piperidine rings is 1. The third-order valence-electron chi connectivity index (χ3n) is 2.23. The highest BCUT2D eigenvalue weighted by atomic mass is 32.2. The fraction of sp³-hybridized carbons (Fsp3) is 0.875. The van der Waals surface area contributed by atoms with Crippen molar-refractivity contribution in [2.75, 3.05) is 27.0 Å². The topological polar surface area (TPSA) is 29.5 Å². The number of Topliss-reactive ketones (excluding diaryl/α,β-unsaturated/α-hetero) is 1. The zero-order valence-corrected chi connectivity index (χ0v) is 8.56. The van der Waals surface area contributed by atoms with E-state index in [0.29, 0.717) is 12.3 Å². The molecular formula is C8H15NO2S. The standard InChI is InChI=1S/C8H15NO2S/c1-9-5-6(10)7(12-3)4-8(9)11-2/h7-8H,4-5H2,1-3H3. The van der Waals surface area contributed by atoms with Gasteiger partial charge in [-0.15, -0.1) is 0 Å². The van der Waals surface area contributed by atoms with Gasteiger partial charge in [0.05, 0.1) is 11.8 Å². The average molecular weight is 189 g/mol. The van der Waals surface area contributed by atoms with Crippen molar-refractivity contribution in [2.45, 2.75) is 17.9 Å². The van der Waals surface area contributed by atoms with Crippen LogP contribution in [0.25, 0.3) is 0 Å². The summed E-state index contributed by atoms with van der Waals surface area (Å²) >= 11 is 1.62. The minimum atomic E-state index is 0.111. The molecule has 1 saturated heterocycles. The predicted molar refractivity (Wildman–Crippen MR) is 50.4 cm³/mol. The Morgan fingerprint density at radius 2 is 2.33 bits per heavy atom. The second kappa shape index (κ2) is 4.25. The number of hydrogen-bond donors (Lipinski definition) is 0. The number of likely N-dealkylation sites (N-methyl/N-ethyl adjacent to an activating group) is 1. The molecule has 1 rings (SSSR count). The smallest absolute Gasteiger partial charge is 0.159 e. The second-order valence-electron chi connectivity index (χ2n) is 3.03. The van der Waals surface area contributed by atoms with Gasteiger partial charge in [0.15, 0.2) is 5.78 Å². The van der Waals surface area contributed by atoms with E-state index >= 15 is 0 Å². The molecule has 12 heavy (non-hydrogen) atoms. The average Bonchev–Trinajstić information content (AvgIpc) is 2.05. The van der Waals surface area contributed by atoms with Crippen LogP contribution in [0.15, 0.2) is 0 Å². The Morgan fingerprint density at radius 3 is 2.83 bits per heavy atom. The molecule has 1 aliphatic rings. The summed E-state index contributed by atoms with van der Waals surface area (Å²) in [7, 11) is 3.61. The van der Waals surface area contributed by atoms with Crippen LogP contribution in [0.4, 0.5) is 0 Å². The van der Waals surface area contributed by atoms with Gasteiger partial charge in [-0.25, -0.2) is 0 Å². The monoisotopic (exact) mass is 189 g/mol. The number of rotatable bonds is 2. The van der Waals surface area contributed by atoms with Gasteiger partial charge in [0.1, 0.15) is 6.23 Å². The second-order valence-corrected chi connectivity index (χ2v) is 4.07. The highest BCUT2D eigenvalue weighted by Crippen LogP contribution is 2.22. The molecule has 0 bridgehead atoms. The van der Waals surface area contributed by atoms with Crippen LogP contribution >= 0.6 is 11.8 Å². The van der Waals surface area contributed by atoms with Gasteiger partial charge in [-0.05, 0) is 13.3 Å². The largest absolute Gasteiger partial charge is 0.366 e. The van der Waals surface area contributed by atoms with Crippen molar-refractivity contribution in [2.24, 2.45) is 0 Å². The lowest BCUT2D eigenvalue weighted by Gasteiger charge is -2.34. The van der Waals surface area contributed by atoms with Gasteiger partial charge in [-0.1, -0.05) is 0 Å². The molecule has 70 valence electrons. The molecule has 2 unspecified atom stereocenters. The number of ether oxygens (including phenoxy) is 1. The summed E-state index contributed by atoms with van der Waals surface area (Å²) in [5.41, 5.74) is 0. The van der Waals surface area contributed by atoms with Crippen LogP contribution in [0, 0.1) is 0 Å². The molecule has 0 aromatic heterocycles. The van der Waals surface area contributed by atoms with Crippen LogP contribution in [0.1, 0.15) is 6.42 Å². The molecule has 3 nitrogen and oxygen atoms in total. The van der Waals surface area contributed by atoms with Gasteiger partial charge in [0.2, 0.25) is 0 Å². The maximum absolute atomic E-state index is 11.4. The highest BCUT2D eigenvalue weighted by molar-refractivity contribution is 7.99. The zero-order valence-electron chi connectivity index (χ0n) is 7.74. The molecule has 0 radical (unpaired) electrons. The fourth-order valence-corrected chi connectivity index (χ4v) is 2.14. The molecular weight excluding hydrogens is 174 g/mol. The van der Waals surface area contributed by atoms with Crippen LogP contribution in [0.3, 0.4) is 0 Å². The maximum Gasteiger partial charge on any atom is 0.159 e. The van der Waals surface area contributed by atoms with E-state index < -0.39 is 0 Å². The van der Waals surface area contributed by atoms with Crippen molar-refractivity contribution >= 4 is 17.5 Å². The van der Waals surface area contributed by atoms with Gasteiger partial charge in [0, 0.05) is 13.5 Å². The van der Waals surface area contributed by atoms with Gasteiger partial charge >= 0.3 is 0 Å². The van der Waals surface area contributed by atoms with Gasteiger partial charge in [-0.3, -0.25) is 9.69 Å². The van der Waals surface area contributed by atoms with Crippen LogP contribution in [-0.2, 0) is 9.53 Å². The first-order valence-corrected chi connectivity index (χ1v) is 5.26. The van der Waals surface area contributed by atoms with Crippen LogP contribution in [0.2, 0.25) is 0 Å². The lowest BCUT2D eigenvalue weighted by Crippen LogP contribution is -2.47. The number of thioether (sulfide) groups is 1. The summed E-state index contributed by atoms with van der Waals surface area (Å²) in [5, 5.41) is 0.131. The minimum Gasteiger partial charge on any atom is -0.366 e. The Labute approximate surface area is 77.4 Å². The normalized spacial score (nSPS) is 32.4. The molecule has 0 aromatic rings. The Hall–Kier alpha value is -0.0600. The van der Waals surface area contributed by atoms with E-state index in [1.54, 1.807) is 18.9 Å². The van der Waals surface area contributed by atoms with Crippen molar-refractivity contribution in [3.63, 3.8) is 0 Å². The molecule has 0 amide bonds. The van der Waals surface area contributed by atoms with E-state index in [0.717, 1.165) is 6.42 Å². The zero-order chi connectivity index (χ0) is 9.14. The van der Waals surface area contributed by atoms with Crippen LogP contribution in [0.5, 0.6) is 0 Å². The van der Waals surface area contributed by atoms with Crippen molar-refractivity contribution in [1.82, 2.24) is 4.90 Å². The van der Waals surface area contributed by atoms with Crippen molar-refractivity contribution in [1.29, 1.82) is 0 Å². The lowest BCUT2D eigenvalue weighted by atomic mass is 10.1. The number of ketones is 1. The molecule has 0 aliphatic carbocycles. The van der Waals surface area contributed by atoms with E-state index in [9.17, 15) is 4.79 Å². The molecule has 1 heterocycles. The van der Waals surface area contributed by atoms with Gasteiger partial charge in [0.25, 0.3) is 0 Å². The van der Waals surface area contributed by atoms with Gasteiger partial charge < -0.3 is 4.74 Å². The number of likely N-dealkylation sites (tertiary alicyclic amines) is 1. The molecule has 1 fully saturated rings. The van der Waals surface area contributed by atoms with E-state index in [2.05, 4.69) is 0 Å². The van der Waals surface area contributed by atoms with E-state index in [1.807, 2.05) is 18.2 Å². The van der Waals surface area contributed by atoms with Gasteiger partial charge in [-0.2, -0.15) is 11.8 Å². The molecule has 0 aromatic carbocycles. The highest BCUT2D eigenvalue weighted by Gasteiger charge is 2.31. The van der Waals surface area contributed by atoms with Crippen LogP contribution in [-0.4, -0.2) is 49.1 Å². The predicted octanol–water partition coefficient (Wildman–Crippen LogP) is 0.595. The quantitative estimate of drug-likeness (QED) is 0.636. The Bertz CT molecular complexity index is 174. The first-order chi connectivity index (χ1) is 5.69. The van der Waals surface area contributed by atoms with Crippen molar-refractivity contribution in [3.8, 4) is 0 Å². The Balaban J connectivity index is 2.56. The van der Waals surface area contributed by atoms with Crippen molar-refractivity contribution in [3.05, 3.63) is 0 Å². The lowest BCUT2D eigenvalue weighted by molar-refractivity contribution is -0.129. The number of methoxy groups -OCH3 is 1. The number of carbonyl (C=O) groups excluding carboxylic acids is 1. The van der Waals surface area contributed by atoms with E-state index in [4.69, 9.17) is 4.74 Å². The van der Waals surface area contributed by atoms with E-state index in [1.165, 1.54) is 0 Å². The summed E-state index contributed by atoms with van der Waals surface area (Å²) < 4.78 is 5.24. The first kappa shape index (κ1) is 10.0. The fourth-order valence-electron chi connectivity index (χ4n) is 1.45. The summed E-state index contributed by atoms with van der Waals surface area (Å²) in [4.78, 5) is 13.3. The molecule has 0 N–H and O–H groups in total. The van der Waals surface area contributed by atoms with Crippen LogP contribution < -0.4 is 0 Å². The molecule has 0 saturated carbocycles. The summed E-state index contributed by atoms with van der Waals surface area (Å²) in [6, 6.07) is 0. The molecule has 2 atom stereocenters. The molecule has 4 heteroatoms. The summed E-state index contributed by atoms with van der Waals surface area (Å²) in [5.74, 6) is 0.318. The Morgan fingerprint density at radius 1 is 1.67 bits per heavy atom. The molecule has 1 aliphatic heterocycles.